The van der Waals surface area contributed by atoms with E-state index in [-0.39, 0.29) is 5.91 Å². The molecule has 1 aliphatic carbocycles. The van der Waals surface area contributed by atoms with E-state index in [2.05, 4.69) is 26.1 Å². The van der Waals surface area contributed by atoms with Gasteiger partial charge in [-0.25, -0.2) is 0 Å². The number of rotatable bonds is 3. The predicted molar refractivity (Wildman–Crippen MR) is 62.4 cm³/mol. The Morgan fingerprint density at radius 1 is 1.27 bits per heavy atom. The number of amides is 1. The van der Waals surface area contributed by atoms with Crippen molar-refractivity contribution in [3.05, 3.63) is 0 Å². The van der Waals surface area contributed by atoms with Crippen molar-refractivity contribution in [2.75, 3.05) is 6.54 Å². The smallest absolute Gasteiger partial charge is 0.231 e. The first kappa shape index (κ1) is 12.5. The molecule has 3 nitrogen and oxygen atoms in total. The lowest BCUT2D eigenvalue weighted by Crippen LogP contribution is -2.40. The second kappa shape index (κ2) is 4.97. The Hall–Kier alpha value is -0.570. The molecule has 3 heteroatoms. The lowest BCUT2D eigenvalue weighted by molar-refractivity contribution is -0.117. The molecule has 0 saturated heterocycles. The molecule has 1 amide bonds. The highest BCUT2D eigenvalue weighted by Gasteiger charge is 2.29. The number of hydrogen-bond acceptors (Lipinski definition) is 2. The molecule has 0 aromatic rings. The predicted octanol–water partition coefficient (Wildman–Crippen LogP) is 1.67. The summed E-state index contributed by atoms with van der Waals surface area (Å²) < 4.78 is 0. The Kier molecular flexibility index (Phi) is 4.14. The SMILES string of the molecule is CC(C)(C)C1CCC(NCC(N)=O)CC1. The minimum absolute atomic E-state index is 0.257. The molecule has 0 aromatic heterocycles. The van der Waals surface area contributed by atoms with Gasteiger partial charge in [0.15, 0.2) is 0 Å². The molecule has 0 aromatic carbocycles. The van der Waals surface area contributed by atoms with Gasteiger partial charge in [0, 0.05) is 6.04 Å². The maximum Gasteiger partial charge on any atom is 0.231 e. The van der Waals surface area contributed by atoms with Gasteiger partial charge in [-0.05, 0) is 37.0 Å². The monoisotopic (exact) mass is 212 g/mol. The minimum Gasteiger partial charge on any atom is -0.369 e. The summed E-state index contributed by atoms with van der Waals surface area (Å²) in [5.74, 6) is 0.567. The summed E-state index contributed by atoms with van der Waals surface area (Å²) in [7, 11) is 0. The molecule has 0 aliphatic heterocycles. The van der Waals surface area contributed by atoms with Gasteiger partial charge in [-0.15, -0.1) is 0 Å². The molecule has 3 N–H and O–H groups in total. The average molecular weight is 212 g/mol. The van der Waals surface area contributed by atoms with Gasteiger partial charge in [-0.1, -0.05) is 20.8 Å². The molecule has 0 bridgehead atoms. The van der Waals surface area contributed by atoms with E-state index in [4.69, 9.17) is 5.73 Å². The van der Waals surface area contributed by atoms with Gasteiger partial charge in [-0.3, -0.25) is 4.79 Å². The van der Waals surface area contributed by atoms with Crippen molar-refractivity contribution in [2.45, 2.75) is 52.5 Å². The summed E-state index contributed by atoms with van der Waals surface area (Å²) in [4.78, 5) is 10.6. The van der Waals surface area contributed by atoms with E-state index in [1.165, 1.54) is 25.7 Å². The number of carbonyl (C=O) groups excluding carboxylic acids is 1. The minimum atomic E-state index is -0.257. The van der Waals surface area contributed by atoms with E-state index in [0.717, 1.165) is 5.92 Å². The van der Waals surface area contributed by atoms with Crippen molar-refractivity contribution < 1.29 is 4.79 Å². The molecule has 15 heavy (non-hydrogen) atoms. The molecule has 0 unspecified atom stereocenters. The van der Waals surface area contributed by atoms with Crippen LogP contribution in [0.25, 0.3) is 0 Å². The zero-order valence-corrected chi connectivity index (χ0v) is 10.2. The molecule has 1 saturated carbocycles. The summed E-state index contributed by atoms with van der Waals surface area (Å²) in [5, 5.41) is 3.22. The van der Waals surface area contributed by atoms with E-state index in [1.807, 2.05) is 0 Å². The number of primary amides is 1. The lowest BCUT2D eigenvalue weighted by atomic mass is 9.71. The molecule has 0 atom stereocenters. The Bertz CT molecular complexity index is 212. The Labute approximate surface area is 92.8 Å². The summed E-state index contributed by atoms with van der Waals surface area (Å²) >= 11 is 0. The van der Waals surface area contributed by atoms with Crippen molar-refractivity contribution in [3.8, 4) is 0 Å². The zero-order valence-electron chi connectivity index (χ0n) is 10.2. The first-order valence-corrected chi connectivity index (χ1v) is 5.91. The Morgan fingerprint density at radius 2 is 1.80 bits per heavy atom. The molecule has 1 fully saturated rings. The molecule has 88 valence electrons. The third-order valence-electron chi connectivity index (χ3n) is 3.52. The van der Waals surface area contributed by atoms with Crippen LogP contribution in [0.3, 0.4) is 0 Å². The highest BCUT2D eigenvalue weighted by molar-refractivity contribution is 5.75. The first-order chi connectivity index (χ1) is 6.89. The number of hydrogen-bond donors (Lipinski definition) is 2. The summed E-state index contributed by atoms with van der Waals surface area (Å²) in [6.45, 7) is 7.27. The largest absolute Gasteiger partial charge is 0.369 e. The van der Waals surface area contributed by atoms with E-state index < -0.39 is 0 Å². The summed E-state index contributed by atoms with van der Waals surface area (Å²) in [5.41, 5.74) is 5.53. The van der Waals surface area contributed by atoms with Crippen molar-refractivity contribution in [1.29, 1.82) is 0 Å². The van der Waals surface area contributed by atoms with E-state index in [1.54, 1.807) is 0 Å². The van der Waals surface area contributed by atoms with Crippen LogP contribution in [0.5, 0.6) is 0 Å². The number of carbonyl (C=O) groups is 1. The van der Waals surface area contributed by atoms with Crippen molar-refractivity contribution in [2.24, 2.45) is 17.1 Å². The second-order valence-electron chi connectivity index (χ2n) is 5.76. The first-order valence-electron chi connectivity index (χ1n) is 5.91. The topological polar surface area (TPSA) is 55.1 Å². The average Bonchev–Trinajstić information content (AvgIpc) is 2.14. The quantitative estimate of drug-likeness (QED) is 0.747. The molecule has 0 spiro atoms. The van der Waals surface area contributed by atoms with Gasteiger partial charge < -0.3 is 11.1 Å². The fourth-order valence-corrected chi connectivity index (χ4v) is 2.41. The normalized spacial score (nSPS) is 27.7. The van der Waals surface area contributed by atoms with Crippen LogP contribution in [-0.4, -0.2) is 18.5 Å². The molecular weight excluding hydrogens is 188 g/mol. The third-order valence-corrected chi connectivity index (χ3v) is 3.52. The van der Waals surface area contributed by atoms with Crippen LogP contribution in [0.4, 0.5) is 0 Å². The molecule has 0 heterocycles. The van der Waals surface area contributed by atoms with Crippen molar-refractivity contribution >= 4 is 5.91 Å². The van der Waals surface area contributed by atoms with Crippen LogP contribution in [0.2, 0.25) is 0 Å². The summed E-state index contributed by atoms with van der Waals surface area (Å²) in [6.07, 6.45) is 4.88. The van der Waals surface area contributed by atoms with Gasteiger partial charge in [-0.2, -0.15) is 0 Å². The second-order valence-corrected chi connectivity index (χ2v) is 5.76. The maximum atomic E-state index is 10.6. The summed E-state index contributed by atoms with van der Waals surface area (Å²) in [6, 6.07) is 0.496. The van der Waals surface area contributed by atoms with Crippen LogP contribution in [0.1, 0.15) is 46.5 Å². The van der Waals surface area contributed by atoms with Crippen molar-refractivity contribution in [3.63, 3.8) is 0 Å². The fraction of sp³-hybridized carbons (Fsp3) is 0.917. The molecule has 1 rings (SSSR count). The Morgan fingerprint density at radius 3 is 2.20 bits per heavy atom. The van der Waals surface area contributed by atoms with Gasteiger partial charge in [0.25, 0.3) is 0 Å². The van der Waals surface area contributed by atoms with Gasteiger partial charge >= 0.3 is 0 Å². The number of nitrogens with two attached hydrogens (primary N) is 1. The third kappa shape index (κ3) is 4.20. The highest BCUT2D eigenvalue weighted by Crippen LogP contribution is 2.37. The van der Waals surface area contributed by atoms with Crippen LogP contribution in [0.15, 0.2) is 0 Å². The van der Waals surface area contributed by atoms with Gasteiger partial charge in [0.2, 0.25) is 5.91 Å². The standard InChI is InChI=1S/C12H24N2O/c1-12(2,3)9-4-6-10(7-5-9)14-8-11(13)15/h9-10,14H,4-8H2,1-3H3,(H2,13,15). The molecule has 0 radical (unpaired) electrons. The van der Waals surface area contributed by atoms with Gasteiger partial charge in [0.1, 0.15) is 0 Å². The Balaban J connectivity index is 2.27. The maximum absolute atomic E-state index is 10.6. The van der Waals surface area contributed by atoms with Crippen LogP contribution in [0, 0.1) is 11.3 Å². The number of nitrogens with one attached hydrogen (secondary N) is 1. The van der Waals surface area contributed by atoms with Crippen LogP contribution in [-0.2, 0) is 4.79 Å². The van der Waals surface area contributed by atoms with E-state index in [9.17, 15) is 4.79 Å². The zero-order chi connectivity index (χ0) is 11.5. The van der Waals surface area contributed by atoms with Crippen LogP contribution >= 0.6 is 0 Å². The van der Waals surface area contributed by atoms with Gasteiger partial charge in [0.05, 0.1) is 6.54 Å². The van der Waals surface area contributed by atoms with Crippen LogP contribution < -0.4 is 11.1 Å². The van der Waals surface area contributed by atoms with E-state index in [0.29, 0.717) is 18.0 Å². The van der Waals surface area contributed by atoms with Crippen molar-refractivity contribution in [1.82, 2.24) is 5.32 Å². The molecular formula is C12H24N2O. The lowest BCUT2D eigenvalue weighted by Gasteiger charge is -2.37. The highest BCUT2D eigenvalue weighted by atomic mass is 16.1. The molecule has 1 aliphatic rings. The van der Waals surface area contributed by atoms with E-state index >= 15 is 0 Å². The fourth-order valence-electron chi connectivity index (χ4n) is 2.41.